The number of nitrogen functional groups attached to an aromatic ring is 1. The Morgan fingerprint density at radius 3 is 2.39 bits per heavy atom. The van der Waals surface area contributed by atoms with Gasteiger partial charge in [-0.25, -0.2) is 18.6 Å². The maximum atomic E-state index is 12.4. The summed E-state index contributed by atoms with van der Waals surface area (Å²) in [6, 6.07) is 0.250. The molecule has 1 heterocycles. The predicted octanol–water partition coefficient (Wildman–Crippen LogP) is 2.20. The summed E-state index contributed by atoms with van der Waals surface area (Å²) >= 11 is 0. The molecule has 1 aromatic heterocycles. The van der Waals surface area contributed by atoms with E-state index in [2.05, 4.69) is 9.72 Å². The maximum Gasteiger partial charge on any atom is 0.573 e. The van der Waals surface area contributed by atoms with Gasteiger partial charge in [-0.2, -0.15) is 0 Å². The van der Waals surface area contributed by atoms with E-state index in [9.17, 15) is 26.7 Å². The second kappa shape index (κ2) is 4.63. The summed E-state index contributed by atoms with van der Waals surface area (Å²) in [5.74, 6) is -4.00. The van der Waals surface area contributed by atoms with Crippen molar-refractivity contribution >= 4 is 11.8 Å². The lowest BCUT2D eigenvalue weighted by Crippen LogP contribution is -2.19. The Kier molecular flexibility index (Phi) is 3.58. The molecule has 1 aromatic rings. The van der Waals surface area contributed by atoms with E-state index >= 15 is 0 Å². The molecular formula is C8H5F5N2O3. The lowest BCUT2D eigenvalue weighted by Gasteiger charge is -2.13. The highest BCUT2D eigenvalue weighted by atomic mass is 19.4. The number of carboxylic acids is 1. The highest BCUT2D eigenvalue weighted by Gasteiger charge is 2.33. The molecule has 0 atom stereocenters. The SMILES string of the molecule is Nc1nc(C(F)F)c(C(=O)O)cc1OC(F)(F)F. The van der Waals surface area contributed by atoms with Gasteiger partial charge in [0.2, 0.25) is 0 Å². The normalized spacial score (nSPS) is 11.7. The molecule has 5 nitrogen and oxygen atoms in total. The number of alkyl halides is 5. The van der Waals surface area contributed by atoms with Crippen molar-refractivity contribution < 1.29 is 36.6 Å². The maximum absolute atomic E-state index is 12.4. The average Bonchev–Trinajstić information content (AvgIpc) is 2.17. The molecule has 0 spiro atoms. The van der Waals surface area contributed by atoms with Crippen LogP contribution < -0.4 is 10.5 Å². The van der Waals surface area contributed by atoms with Crippen LogP contribution >= 0.6 is 0 Å². The summed E-state index contributed by atoms with van der Waals surface area (Å²) in [6.45, 7) is 0. The van der Waals surface area contributed by atoms with Crippen LogP contribution in [0.5, 0.6) is 5.75 Å². The molecule has 0 bridgehead atoms. The van der Waals surface area contributed by atoms with Crippen LogP contribution in [0.4, 0.5) is 27.8 Å². The zero-order valence-electron chi connectivity index (χ0n) is 8.33. The van der Waals surface area contributed by atoms with Crippen LogP contribution in [0.1, 0.15) is 22.5 Å². The summed E-state index contributed by atoms with van der Waals surface area (Å²) < 4.78 is 63.9. The van der Waals surface area contributed by atoms with E-state index in [4.69, 9.17) is 10.8 Å². The number of anilines is 1. The van der Waals surface area contributed by atoms with Crippen molar-refractivity contribution in [3.8, 4) is 5.75 Å². The van der Waals surface area contributed by atoms with Gasteiger partial charge < -0.3 is 15.6 Å². The van der Waals surface area contributed by atoms with Crippen LogP contribution in [0.2, 0.25) is 0 Å². The first-order valence-electron chi connectivity index (χ1n) is 4.19. The number of halogens is 5. The zero-order valence-corrected chi connectivity index (χ0v) is 8.33. The number of rotatable bonds is 3. The van der Waals surface area contributed by atoms with Crippen LogP contribution in [-0.2, 0) is 0 Å². The van der Waals surface area contributed by atoms with Gasteiger partial charge in [-0.05, 0) is 0 Å². The topological polar surface area (TPSA) is 85.4 Å². The van der Waals surface area contributed by atoms with Gasteiger partial charge in [-0.15, -0.1) is 13.2 Å². The van der Waals surface area contributed by atoms with Crippen molar-refractivity contribution in [2.24, 2.45) is 0 Å². The molecule has 0 amide bonds. The third-order valence-electron chi connectivity index (χ3n) is 1.71. The van der Waals surface area contributed by atoms with Crippen molar-refractivity contribution in [1.82, 2.24) is 4.98 Å². The molecule has 0 saturated carbocycles. The number of ether oxygens (including phenoxy) is 1. The molecule has 0 fully saturated rings. The molecule has 18 heavy (non-hydrogen) atoms. The van der Waals surface area contributed by atoms with E-state index in [1.54, 1.807) is 0 Å². The number of hydrogen-bond donors (Lipinski definition) is 2. The molecule has 0 aliphatic carbocycles. The molecule has 0 saturated heterocycles. The van der Waals surface area contributed by atoms with Gasteiger partial charge in [-0.3, -0.25) is 0 Å². The van der Waals surface area contributed by atoms with Crippen LogP contribution in [0, 0.1) is 0 Å². The number of pyridine rings is 1. The zero-order chi connectivity index (χ0) is 14.1. The number of aromatic nitrogens is 1. The minimum atomic E-state index is -5.14. The largest absolute Gasteiger partial charge is 0.573 e. The predicted molar refractivity (Wildman–Crippen MR) is 47.2 cm³/mol. The lowest BCUT2D eigenvalue weighted by molar-refractivity contribution is -0.274. The third-order valence-corrected chi connectivity index (χ3v) is 1.71. The highest BCUT2D eigenvalue weighted by molar-refractivity contribution is 5.90. The van der Waals surface area contributed by atoms with Gasteiger partial charge in [-0.1, -0.05) is 0 Å². The van der Waals surface area contributed by atoms with Gasteiger partial charge in [0.15, 0.2) is 11.6 Å². The van der Waals surface area contributed by atoms with Crippen molar-refractivity contribution in [2.75, 3.05) is 5.73 Å². The molecule has 0 aliphatic rings. The van der Waals surface area contributed by atoms with E-state index in [1.165, 1.54) is 0 Å². The Bertz CT molecular complexity index is 475. The fraction of sp³-hybridized carbons (Fsp3) is 0.250. The van der Waals surface area contributed by atoms with Gasteiger partial charge in [0.25, 0.3) is 6.43 Å². The summed E-state index contributed by atoms with van der Waals surface area (Å²) in [7, 11) is 0. The quantitative estimate of drug-likeness (QED) is 0.824. The molecule has 0 aliphatic heterocycles. The highest BCUT2D eigenvalue weighted by Crippen LogP contribution is 2.32. The standard InChI is InChI=1S/C8H5F5N2O3/c9-5(10)4-2(7(16)17)1-3(6(14)15-4)18-8(11,12)13/h1,5H,(H2,14,15)(H,16,17). The number of carboxylic acid groups (broad SMARTS) is 1. The Labute approximate surface area is 96.0 Å². The first kappa shape index (κ1) is 13.9. The smallest absolute Gasteiger partial charge is 0.478 e. The van der Waals surface area contributed by atoms with E-state index in [1.807, 2.05) is 0 Å². The van der Waals surface area contributed by atoms with Crippen LogP contribution in [0.15, 0.2) is 6.07 Å². The first-order valence-corrected chi connectivity index (χ1v) is 4.19. The summed E-state index contributed by atoms with van der Waals surface area (Å²) in [5, 5.41) is 8.58. The van der Waals surface area contributed by atoms with E-state index in [0.29, 0.717) is 0 Å². The fourth-order valence-corrected chi connectivity index (χ4v) is 1.07. The van der Waals surface area contributed by atoms with Crippen molar-refractivity contribution in [1.29, 1.82) is 0 Å². The molecule has 0 aromatic carbocycles. The Morgan fingerprint density at radius 2 is 2.00 bits per heavy atom. The lowest BCUT2D eigenvalue weighted by atomic mass is 10.2. The molecule has 0 unspecified atom stereocenters. The van der Waals surface area contributed by atoms with E-state index in [0.717, 1.165) is 0 Å². The molecule has 3 N–H and O–H groups in total. The minimum absolute atomic E-state index is 0.250. The van der Waals surface area contributed by atoms with Crippen LogP contribution in [-0.4, -0.2) is 22.4 Å². The minimum Gasteiger partial charge on any atom is -0.478 e. The molecular weight excluding hydrogens is 267 g/mol. The third kappa shape index (κ3) is 3.18. The van der Waals surface area contributed by atoms with Crippen LogP contribution in [0.3, 0.4) is 0 Å². The molecule has 0 radical (unpaired) electrons. The summed E-state index contributed by atoms with van der Waals surface area (Å²) in [4.78, 5) is 13.5. The molecule has 100 valence electrons. The number of aromatic carboxylic acids is 1. The van der Waals surface area contributed by atoms with Gasteiger partial charge in [0, 0.05) is 6.07 Å². The van der Waals surface area contributed by atoms with Gasteiger partial charge in [0.1, 0.15) is 5.69 Å². The Morgan fingerprint density at radius 1 is 1.44 bits per heavy atom. The summed E-state index contributed by atoms with van der Waals surface area (Å²) in [6.07, 6.45) is -8.43. The first-order chi connectivity index (χ1) is 8.11. The van der Waals surface area contributed by atoms with E-state index in [-0.39, 0.29) is 6.07 Å². The second-order valence-corrected chi connectivity index (χ2v) is 2.96. The molecule has 10 heteroatoms. The second-order valence-electron chi connectivity index (χ2n) is 2.96. The Balaban J connectivity index is 3.32. The monoisotopic (exact) mass is 272 g/mol. The van der Waals surface area contributed by atoms with Crippen molar-refractivity contribution in [2.45, 2.75) is 12.8 Å². The van der Waals surface area contributed by atoms with Crippen molar-refractivity contribution in [3.63, 3.8) is 0 Å². The summed E-state index contributed by atoms with van der Waals surface area (Å²) in [5.41, 5.74) is 2.63. The van der Waals surface area contributed by atoms with Gasteiger partial charge >= 0.3 is 12.3 Å². The Hall–Kier alpha value is -2.13. The van der Waals surface area contributed by atoms with Gasteiger partial charge in [0.05, 0.1) is 5.56 Å². The average molecular weight is 272 g/mol. The fourth-order valence-electron chi connectivity index (χ4n) is 1.07. The number of nitrogens with two attached hydrogens (primary N) is 1. The van der Waals surface area contributed by atoms with Crippen LogP contribution in [0.25, 0.3) is 0 Å². The number of nitrogens with zero attached hydrogens (tertiary/aromatic N) is 1. The molecule has 1 rings (SSSR count). The van der Waals surface area contributed by atoms with Crippen molar-refractivity contribution in [3.05, 3.63) is 17.3 Å². The number of hydrogen-bond acceptors (Lipinski definition) is 4. The van der Waals surface area contributed by atoms with E-state index < -0.39 is 41.6 Å². The number of carbonyl (C=O) groups is 1.